The zero-order valence-corrected chi connectivity index (χ0v) is 21.1. The van der Waals surface area contributed by atoms with Gasteiger partial charge in [0.2, 0.25) is 5.91 Å². The first-order valence-electron chi connectivity index (χ1n) is 12.5. The fourth-order valence-electron chi connectivity index (χ4n) is 3.46. The fourth-order valence-corrected chi connectivity index (χ4v) is 4.20. The Morgan fingerprint density at radius 1 is 0.812 bits per heavy atom. The van der Waals surface area contributed by atoms with Crippen molar-refractivity contribution in [3.63, 3.8) is 0 Å². The van der Waals surface area contributed by atoms with Gasteiger partial charge in [0.15, 0.2) is 0 Å². The third kappa shape index (κ3) is 20.7. The highest BCUT2D eigenvalue weighted by atomic mass is 32.2. The first kappa shape index (κ1) is 30.8. The van der Waals surface area contributed by atoms with Crippen LogP contribution in [0.1, 0.15) is 110 Å². The Balaban J connectivity index is 4.32. The maximum Gasteiger partial charge on any atom is 0.267 e. The van der Waals surface area contributed by atoms with Crippen molar-refractivity contribution in [1.29, 1.82) is 0 Å². The van der Waals surface area contributed by atoms with Crippen molar-refractivity contribution in [3.8, 4) is 0 Å². The zero-order chi connectivity index (χ0) is 24.1. The predicted molar refractivity (Wildman–Crippen MR) is 133 cm³/mol. The molecule has 0 aliphatic carbocycles. The quantitative estimate of drug-likeness (QED) is 0.112. The van der Waals surface area contributed by atoms with E-state index in [-0.39, 0.29) is 12.3 Å². The molecule has 0 bridgehead atoms. The third-order valence-corrected chi connectivity index (χ3v) is 6.16. The van der Waals surface area contributed by atoms with E-state index in [1.807, 2.05) is 0 Å². The molecule has 0 aliphatic heterocycles. The van der Waals surface area contributed by atoms with Gasteiger partial charge in [-0.2, -0.15) is 8.42 Å². The van der Waals surface area contributed by atoms with Crippen LogP contribution in [0, 0.1) is 0 Å². The van der Waals surface area contributed by atoms with Crippen LogP contribution in [-0.4, -0.2) is 41.9 Å². The molecule has 2 unspecified atom stereocenters. The van der Waals surface area contributed by atoms with Gasteiger partial charge in [-0.05, 0) is 32.1 Å². The van der Waals surface area contributed by atoms with E-state index in [0.29, 0.717) is 6.42 Å². The van der Waals surface area contributed by atoms with E-state index in [1.165, 1.54) is 57.4 Å². The lowest BCUT2D eigenvalue weighted by molar-refractivity contribution is -0.122. The summed E-state index contributed by atoms with van der Waals surface area (Å²) in [6.45, 7) is 4.36. The first-order valence-corrected chi connectivity index (χ1v) is 14.1. The second-order valence-electron chi connectivity index (χ2n) is 8.61. The molecule has 0 fully saturated rings. The molecular formula is C25H47NO5S. The van der Waals surface area contributed by atoms with Gasteiger partial charge in [-0.3, -0.25) is 9.35 Å². The second-order valence-corrected chi connectivity index (χ2v) is 10.1. The summed E-state index contributed by atoms with van der Waals surface area (Å²) in [6.07, 6.45) is 21.8. The van der Waals surface area contributed by atoms with Crippen molar-refractivity contribution in [3.05, 3.63) is 24.3 Å². The second kappa shape index (κ2) is 20.4. The number of carbonyl (C=O) groups excluding carboxylic acids is 1. The molecule has 0 aromatic rings. The summed E-state index contributed by atoms with van der Waals surface area (Å²) >= 11 is 0. The number of hydrogen-bond donors (Lipinski definition) is 3. The van der Waals surface area contributed by atoms with Crippen LogP contribution >= 0.6 is 0 Å². The Hall–Kier alpha value is -1.18. The molecule has 0 radical (unpaired) electrons. The minimum atomic E-state index is -4.32. The molecule has 6 nitrogen and oxygen atoms in total. The van der Waals surface area contributed by atoms with Gasteiger partial charge in [-0.15, -0.1) is 0 Å². The van der Waals surface area contributed by atoms with E-state index < -0.39 is 28.0 Å². The van der Waals surface area contributed by atoms with E-state index >= 15 is 0 Å². The van der Waals surface area contributed by atoms with Crippen molar-refractivity contribution >= 4 is 16.0 Å². The van der Waals surface area contributed by atoms with Gasteiger partial charge in [0.05, 0.1) is 17.9 Å². The van der Waals surface area contributed by atoms with Gasteiger partial charge in [0, 0.05) is 6.42 Å². The minimum absolute atomic E-state index is 0.288. The fraction of sp³-hybridized carbons (Fsp3) is 0.800. The molecule has 7 heteroatoms. The van der Waals surface area contributed by atoms with Crippen molar-refractivity contribution in [2.24, 2.45) is 0 Å². The van der Waals surface area contributed by atoms with E-state index in [0.717, 1.165) is 32.1 Å². The SMILES string of the molecule is CCCCC/C=C/CC/C=C/C(O)C(CS(=O)(=O)O)NC(=O)CCCCCCCCCC. The van der Waals surface area contributed by atoms with Crippen LogP contribution in [0.5, 0.6) is 0 Å². The molecule has 2 atom stereocenters. The Kier molecular flexibility index (Phi) is 19.7. The Labute approximate surface area is 196 Å². The number of allylic oxidation sites excluding steroid dienone is 3. The molecule has 0 saturated carbocycles. The van der Waals surface area contributed by atoms with Crippen molar-refractivity contribution in [2.75, 3.05) is 5.75 Å². The highest BCUT2D eigenvalue weighted by Crippen LogP contribution is 2.10. The molecule has 0 saturated heterocycles. The number of rotatable bonds is 21. The Morgan fingerprint density at radius 3 is 1.97 bits per heavy atom. The topological polar surface area (TPSA) is 104 Å². The summed E-state index contributed by atoms with van der Waals surface area (Å²) in [6, 6.07) is -1.06. The third-order valence-electron chi connectivity index (χ3n) is 5.38. The van der Waals surface area contributed by atoms with Crippen LogP contribution in [0.25, 0.3) is 0 Å². The summed E-state index contributed by atoms with van der Waals surface area (Å²) in [5, 5.41) is 12.9. The van der Waals surface area contributed by atoms with Crippen molar-refractivity contribution < 1.29 is 22.9 Å². The Bertz CT molecular complexity index is 616. The van der Waals surface area contributed by atoms with Gasteiger partial charge in [0.1, 0.15) is 0 Å². The largest absolute Gasteiger partial charge is 0.387 e. The molecule has 3 N–H and O–H groups in total. The monoisotopic (exact) mass is 473 g/mol. The Morgan fingerprint density at radius 2 is 1.34 bits per heavy atom. The maximum absolute atomic E-state index is 12.2. The highest BCUT2D eigenvalue weighted by molar-refractivity contribution is 7.85. The van der Waals surface area contributed by atoms with Crippen LogP contribution in [0.15, 0.2) is 24.3 Å². The highest BCUT2D eigenvalue weighted by Gasteiger charge is 2.24. The van der Waals surface area contributed by atoms with Crippen LogP contribution < -0.4 is 5.32 Å². The summed E-state index contributed by atoms with van der Waals surface area (Å²) in [7, 11) is -4.32. The average Bonchev–Trinajstić information content (AvgIpc) is 2.73. The van der Waals surface area contributed by atoms with Gasteiger partial charge < -0.3 is 10.4 Å². The lowest BCUT2D eigenvalue weighted by atomic mass is 10.1. The zero-order valence-electron chi connectivity index (χ0n) is 20.3. The van der Waals surface area contributed by atoms with E-state index in [2.05, 4.69) is 31.3 Å². The number of carbonyl (C=O) groups is 1. The first-order chi connectivity index (χ1) is 15.3. The number of unbranched alkanes of at least 4 members (excludes halogenated alkanes) is 11. The van der Waals surface area contributed by atoms with E-state index in [4.69, 9.17) is 0 Å². The lowest BCUT2D eigenvalue weighted by Crippen LogP contribution is -2.46. The average molecular weight is 474 g/mol. The molecular weight excluding hydrogens is 426 g/mol. The number of nitrogens with one attached hydrogen (secondary N) is 1. The van der Waals surface area contributed by atoms with Crippen LogP contribution in [-0.2, 0) is 14.9 Å². The molecule has 0 heterocycles. The van der Waals surface area contributed by atoms with Crippen LogP contribution in [0.3, 0.4) is 0 Å². The molecule has 188 valence electrons. The van der Waals surface area contributed by atoms with Gasteiger partial charge in [-0.25, -0.2) is 0 Å². The van der Waals surface area contributed by atoms with Gasteiger partial charge in [-0.1, -0.05) is 95.9 Å². The molecule has 0 spiro atoms. The van der Waals surface area contributed by atoms with Crippen molar-refractivity contribution in [1.82, 2.24) is 5.32 Å². The molecule has 32 heavy (non-hydrogen) atoms. The van der Waals surface area contributed by atoms with E-state index in [1.54, 1.807) is 6.08 Å². The van der Waals surface area contributed by atoms with Crippen LogP contribution in [0.4, 0.5) is 0 Å². The minimum Gasteiger partial charge on any atom is -0.387 e. The van der Waals surface area contributed by atoms with Crippen molar-refractivity contribution in [2.45, 2.75) is 122 Å². The number of amides is 1. The normalized spacial score (nSPS) is 14.2. The number of aliphatic hydroxyl groups excluding tert-OH is 1. The molecule has 0 aromatic heterocycles. The molecule has 0 aliphatic rings. The maximum atomic E-state index is 12.2. The standard InChI is InChI=1S/C25H47NO5S/c1-3-5-7-9-11-13-14-16-18-20-24(27)23(22-32(29,30)31)26-25(28)21-19-17-15-12-10-8-6-4-2/h11,13,18,20,23-24,27H,3-10,12,14-17,19,21-22H2,1-2H3,(H,26,28)(H,29,30,31)/b13-11+,20-18+. The summed E-state index contributed by atoms with van der Waals surface area (Å²) in [5.74, 6) is -1.01. The van der Waals surface area contributed by atoms with Gasteiger partial charge >= 0.3 is 0 Å². The number of hydrogen-bond acceptors (Lipinski definition) is 4. The molecule has 0 aromatic carbocycles. The number of aliphatic hydroxyl groups is 1. The predicted octanol–water partition coefficient (Wildman–Crippen LogP) is 5.72. The summed E-state index contributed by atoms with van der Waals surface area (Å²) in [4.78, 5) is 12.2. The summed E-state index contributed by atoms with van der Waals surface area (Å²) in [5.41, 5.74) is 0. The summed E-state index contributed by atoms with van der Waals surface area (Å²) < 4.78 is 31.8. The van der Waals surface area contributed by atoms with Crippen LogP contribution in [0.2, 0.25) is 0 Å². The lowest BCUT2D eigenvalue weighted by Gasteiger charge is -2.21. The molecule has 1 amide bonds. The smallest absolute Gasteiger partial charge is 0.267 e. The van der Waals surface area contributed by atoms with Gasteiger partial charge in [0.25, 0.3) is 10.1 Å². The van der Waals surface area contributed by atoms with E-state index in [9.17, 15) is 22.9 Å². The molecule has 0 rings (SSSR count).